The molecule has 0 aliphatic heterocycles. The third kappa shape index (κ3) is 4.55. The Balaban J connectivity index is 1.63. The van der Waals surface area contributed by atoms with E-state index in [-0.39, 0.29) is 10.7 Å². The van der Waals surface area contributed by atoms with Gasteiger partial charge in [-0.3, -0.25) is 4.79 Å². The van der Waals surface area contributed by atoms with Crippen LogP contribution in [0.15, 0.2) is 54.6 Å². The lowest BCUT2D eigenvalue weighted by atomic mass is 10.2. The molecule has 28 heavy (non-hydrogen) atoms. The number of hydrogen-bond donors (Lipinski definition) is 1. The zero-order valence-corrected chi connectivity index (χ0v) is 15.7. The van der Waals surface area contributed by atoms with Gasteiger partial charge in [-0.2, -0.15) is 5.10 Å². The highest BCUT2D eigenvalue weighted by Crippen LogP contribution is 2.24. The first-order valence-corrected chi connectivity index (χ1v) is 8.82. The number of nitrogens with one attached hydrogen (secondary N) is 1. The summed E-state index contributed by atoms with van der Waals surface area (Å²) in [5.41, 5.74) is 1.82. The van der Waals surface area contributed by atoms with Crippen molar-refractivity contribution in [2.24, 2.45) is 0 Å². The highest BCUT2D eigenvalue weighted by molar-refractivity contribution is 6.33. The van der Waals surface area contributed by atoms with Gasteiger partial charge >= 0.3 is 5.97 Å². The number of aryl methyl sites for hydroxylation is 1. The molecule has 1 heterocycles. The van der Waals surface area contributed by atoms with Crippen molar-refractivity contribution in [1.29, 1.82) is 0 Å². The van der Waals surface area contributed by atoms with Crippen LogP contribution in [0.25, 0.3) is 5.69 Å². The molecule has 8 heteroatoms. The maximum absolute atomic E-state index is 13.1. The minimum Gasteiger partial charge on any atom is -0.452 e. The number of nitrogens with zero attached hydrogens (tertiary/aromatic N) is 2. The van der Waals surface area contributed by atoms with Gasteiger partial charge in [-0.25, -0.2) is 13.9 Å². The highest BCUT2D eigenvalue weighted by Gasteiger charge is 2.23. The molecule has 0 atom stereocenters. The molecule has 3 rings (SSSR count). The van der Waals surface area contributed by atoms with Gasteiger partial charge in [-0.15, -0.1) is 0 Å². The van der Waals surface area contributed by atoms with E-state index in [1.807, 2.05) is 30.3 Å². The Hall–Kier alpha value is -3.19. The van der Waals surface area contributed by atoms with Gasteiger partial charge in [-0.05, 0) is 36.8 Å². The average molecular weight is 402 g/mol. The Morgan fingerprint density at radius 3 is 2.50 bits per heavy atom. The zero-order valence-electron chi connectivity index (χ0n) is 15.0. The van der Waals surface area contributed by atoms with Crippen molar-refractivity contribution >= 4 is 23.5 Å². The van der Waals surface area contributed by atoms with Crippen LogP contribution in [0.5, 0.6) is 0 Å². The molecule has 0 fully saturated rings. The molecule has 1 amide bonds. The zero-order chi connectivity index (χ0) is 20.1. The summed E-state index contributed by atoms with van der Waals surface area (Å²) < 4.78 is 19.5. The van der Waals surface area contributed by atoms with Crippen LogP contribution in [0.3, 0.4) is 0 Å². The average Bonchev–Trinajstić information content (AvgIpc) is 3.00. The molecule has 144 valence electrons. The van der Waals surface area contributed by atoms with Crippen LogP contribution in [-0.4, -0.2) is 28.3 Å². The Morgan fingerprint density at radius 2 is 1.82 bits per heavy atom. The van der Waals surface area contributed by atoms with Gasteiger partial charge in [0.1, 0.15) is 16.5 Å². The van der Waals surface area contributed by atoms with Crippen LogP contribution in [0.4, 0.5) is 4.39 Å². The van der Waals surface area contributed by atoms with Crippen LogP contribution in [0, 0.1) is 12.7 Å². The van der Waals surface area contributed by atoms with Crippen molar-refractivity contribution in [3.63, 3.8) is 0 Å². The molecule has 0 saturated heterocycles. The summed E-state index contributed by atoms with van der Waals surface area (Å²) in [6.07, 6.45) is 0. The maximum Gasteiger partial charge on any atom is 0.343 e. The molecule has 1 aromatic heterocycles. The predicted octanol–water partition coefficient (Wildman–Crippen LogP) is 3.45. The van der Waals surface area contributed by atoms with Gasteiger partial charge in [0.15, 0.2) is 6.61 Å². The first-order valence-electron chi connectivity index (χ1n) is 8.44. The molecular formula is C20H17ClFN3O3. The van der Waals surface area contributed by atoms with Gasteiger partial charge in [-0.1, -0.05) is 41.9 Å². The van der Waals surface area contributed by atoms with E-state index in [9.17, 15) is 14.0 Å². The molecular weight excluding hydrogens is 385 g/mol. The number of ether oxygens (including phenoxy) is 1. The number of rotatable bonds is 6. The molecule has 0 aliphatic rings. The minimum absolute atomic E-state index is 0.0267. The van der Waals surface area contributed by atoms with Crippen LogP contribution in [-0.2, 0) is 16.1 Å². The monoisotopic (exact) mass is 401 g/mol. The number of hydrogen-bond acceptors (Lipinski definition) is 4. The van der Waals surface area contributed by atoms with E-state index in [0.29, 0.717) is 17.9 Å². The van der Waals surface area contributed by atoms with Crippen molar-refractivity contribution in [2.45, 2.75) is 13.5 Å². The lowest BCUT2D eigenvalue weighted by molar-refractivity contribution is -0.124. The van der Waals surface area contributed by atoms with Crippen molar-refractivity contribution < 1.29 is 18.7 Å². The fraction of sp³-hybridized carbons (Fsp3) is 0.150. The lowest BCUT2D eigenvalue weighted by Crippen LogP contribution is -2.28. The number of halogens is 2. The third-order valence-electron chi connectivity index (χ3n) is 3.95. The second-order valence-corrected chi connectivity index (χ2v) is 6.34. The first-order chi connectivity index (χ1) is 13.5. The Bertz CT molecular complexity index is 988. The van der Waals surface area contributed by atoms with Crippen LogP contribution >= 0.6 is 11.6 Å². The standard InChI is InChI=1S/C20H17ClFN3O3/c1-13-18(19(21)25(24-13)16-9-7-15(22)8-10-16)20(27)28-12-17(26)23-11-14-5-3-2-4-6-14/h2-10H,11-12H2,1H3,(H,23,26). The summed E-state index contributed by atoms with van der Waals surface area (Å²) in [4.78, 5) is 24.3. The van der Waals surface area contributed by atoms with Gasteiger partial charge in [0.05, 0.1) is 11.4 Å². The molecule has 0 saturated carbocycles. The number of carbonyl (C=O) groups excluding carboxylic acids is 2. The van der Waals surface area contributed by atoms with E-state index < -0.39 is 24.3 Å². The molecule has 0 bridgehead atoms. The molecule has 0 aliphatic carbocycles. The molecule has 2 aromatic carbocycles. The van der Waals surface area contributed by atoms with Gasteiger partial charge in [0, 0.05) is 6.54 Å². The predicted molar refractivity (Wildman–Crippen MR) is 102 cm³/mol. The van der Waals surface area contributed by atoms with E-state index >= 15 is 0 Å². The quantitative estimate of drug-likeness (QED) is 0.642. The highest BCUT2D eigenvalue weighted by atomic mass is 35.5. The van der Waals surface area contributed by atoms with Crippen LogP contribution in [0.1, 0.15) is 21.6 Å². The molecule has 0 radical (unpaired) electrons. The van der Waals surface area contributed by atoms with Crippen molar-refractivity contribution in [2.75, 3.05) is 6.61 Å². The van der Waals surface area contributed by atoms with E-state index in [2.05, 4.69) is 10.4 Å². The van der Waals surface area contributed by atoms with Crippen LogP contribution < -0.4 is 5.32 Å². The summed E-state index contributed by atoms with van der Waals surface area (Å²) in [6.45, 7) is 1.49. The van der Waals surface area contributed by atoms with E-state index in [4.69, 9.17) is 16.3 Å². The van der Waals surface area contributed by atoms with Crippen molar-refractivity contribution in [3.05, 3.63) is 82.4 Å². The fourth-order valence-corrected chi connectivity index (χ4v) is 2.88. The Morgan fingerprint density at radius 1 is 1.14 bits per heavy atom. The van der Waals surface area contributed by atoms with Gasteiger partial charge in [0.25, 0.3) is 5.91 Å². The van der Waals surface area contributed by atoms with E-state index in [1.54, 1.807) is 6.92 Å². The summed E-state index contributed by atoms with van der Waals surface area (Å²) in [5.74, 6) is -1.59. The normalized spacial score (nSPS) is 10.5. The topological polar surface area (TPSA) is 73.2 Å². The smallest absolute Gasteiger partial charge is 0.343 e. The second-order valence-electron chi connectivity index (χ2n) is 5.98. The summed E-state index contributed by atoms with van der Waals surface area (Å²) in [7, 11) is 0. The van der Waals surface area contributed by atoms with E-state index in [0.717, 1.165) is 5.56 Å². The summed E-state index contributed by atoms with van der Waals surface area (Å²) in [6, 6.07) is 14.9. The Labute approximate surface area is 165 Å². The largest absolute Gasteiger partial charge is 0.452 e. The second kappa shape index (κ2) is 8.67. The Kier molecular flexibility index (Phi) is 6.06. The van der Waals surface area contributed by atoms with Crippen molar-refractivity contribution in [3.8, 4) is 5.69 Å². The third-order valence-corrected chi connectivity index (χ3v) is 4.30. The maximum atomic E-state index is 13.1. The number of carbonyl (C=O) groups is 2. The number of amides is 1. The number of benzene rings is 2. The van der Waals surface area contributed by atoms with E-state index in [1.165, 1.54) is 28.9 Å². The van der Waals surface area contributed by atoms with Crippen LogP contribution in [0.2, 0.25) is 5.15 Å². The number of esters is 1. The lowest BCUT2D eigenvalue weighted by Gasteiger charge is -2.07. The molecule has 6 nitrogen and oxygen atoms in total. The molecule has 0 unspecified atom stereocenters. The van der Waals surface area contributed by atoms with Gasteiger partial charge < -0.3 is 10.1 Å². The number of aromatic nitrogens is 2. The molecule has 1 N–H and O–H groups in total. The molecule has 3 aromatic rings. The minimum atomic E-state index is -0.759. The fourth-order valence-electron chi connectivity index (χ4n) is 2.54. The summed E-state index contributed by atoms with van der Waals surface area (Å²) >= 11 is 6.26. The SMILES string of the molecule is Cc1nn(-c2ccc(F)cc2)c(Cl)c1C(=O)OCC(=O)NCc1ccccc1. The first kappa shape index (κ1) is 19.6. The summed E-state index contributed by atoms with van der Waals surface area (Å²) in [5, 5.41) is 6.89. The van der Waals surface area contributed by atoms with Crippen molar-refractivity contribution in [1.82, 2.24) is 15.1 Å². The molecule has 0 spiro atoms. The van der Waals surface area contributed by atoms with Gasteiger partial charge in [0.2, 0.25) is 0 Å².